The van der Waals surface area contributed by atoms with Gasteiger partial charge in [-0.05, 0) is 43.4 Å². The van der Waals surface area contributed by atoms with E-state index in [1.807, 2.05) is 12.1 Å². The molecule has 0 aromatic heterocycles. The van der Waals surface area contributed by atoms with Gasteiger partial charge < -0.3 is 9.80 Å². The van der Waals surface area contributed by atoms with E-state index in [9.17, 15) is 4.79 Å². The second-order valence-corrected chi connectivity index (χ2v) is 8.28. The van der Waals surface area contributed by atoms with Crippen LogP contribution in [0.1, 0.15) is 56.1 Å². The zero-order chi connectivity index (χ0) is 19.3. The van der Waals surface area contributed by atoms with E-state index in [0.717, 1.165) is 32.5 Å². The molecule has 0 unspecified atom stereocenters. The molecule has 1 saturated carbocycles. The monoisotopic (exact) mass is 376 g/mol. The minimum atomic E-state index is 0.131. The van der Waals surface area contributed by atoms with Crippen LogP contribution in [0.4, 0.5) is 0 Å². The van der Waals surface area contributed by atoms with Crippen LogP contribution in [0.3, 0.4) is 0 Å². The molecule has 1 heterocycles. The standard InChI is InChI=1S/C25H32N2O/c1-2-26-17-15-23(16-18-26)27(22-13-14-22)25(28)19-24(20-9-5-3-6-10-20)21-11-7-4-8-12-21/h3-12,22-24H,2,13-19H2,1H3. The molecule has 148 valence electrons. The quantitative estimate of drug-likeness (QED) is 0.700. The number of hydrogen-bond donors (Lipinski definition) is 0. The van der Waals surface area contributed by atoms with Crippen LogP contribution in [0.15, 0.2) is 60.7 Å². The minimum absolute atomic E-state index is 0.131. The predicted molar refractivity (Wildman–Crippen MR) is 114 cm³/mol. The van der Waals surface area contributed by atoms with Gasteiger partial charge in [-0.1, -0.05) is 67.6 Å². The van der Waals surface area contributed by atoms with Gasteiger partial charge >= 0.3 is 0 Å². The molecule has 0 spiro atoms. The normalized spacial score (nSPS) is 18.4. The van der Waals surface area contributed by atoms with Gasteiger partial charge in [-0.15, -0.1) is 0 Å². The highest BCUT2D eigenvalue weighted by atomic mass is 16.2. The number of likely N-dealkylation sites (tertiary alicyclic amines) is 1. The van der Waals surface area contributed by atoms with Crippen molar-refractivity contribution in [2.75, 3.05) is 19.6 Å². The smallest absolute Gasteiger partial charge is 0.224 e. The van der Waals surface area contributed by atoms with Gasteiger partial charge in [0.1, 0.15) is 0 Å². The number of carbonyl (C=O) groups is 1. The fraction of sp³-hybridized carbons (Fsp3) is 0.480. The minimum Gasteiger partial charge on any atom is -0.337 e. The summed E-state index contributed by atoms with van der Waals surface area (Å²) in [6, 6.07) is 22.0. The van der Waals surface area contributed by atoms with Gasteiger partial charge in [0.2, 0.25) is 5.91 Å². The SMILES string of the molecule is CCN1CCC(N(C(=O)CC(c2ccccc2)c2ccccc2)C2CC2)CC1. The van der Waals surface area contributed by atoms with E-state index in [-0.39, 0.29) is 5.92 Å². The van der Waals surface area contributed by atoms with Gasteiger partial charge in [-0.3, -0.25) is 4.79 Å². The average Bonchev–Trinajstić information content (AvgIpc) is 3.59. The van der Waals surface area contributed by atoms with Crippen LogP contribution in [0.25, 0.3) is 0 Å². The summed E-state index contributed by atoms with van der Waals surface area (Å²) in [4.78, 5) is 18.3. The lowest BCUT2D eigenvalue weighted by atomic mass is 9.87. The third kappa shape index (κ3) is 4.47. The number of rotatable bonds is 7. The highest BCUT2D eigenvalue weighted by molar-refractivity contribution is 5.79. The zero-order valence-corrected chi connectivity index (χ0v) is 17.0. The van der Waals surface area contributed by atoms with Crippen LogP contribution in [0.2, 0.25) is 0 Å². The molecule has 0 bridgehead atoms. The lowest BCUT2D eigenvalue weighted by Gasteiger charge is -2.39. The maximum atomic E-state index is 13.5. The molecule has 0 atom stereocenters. The lowest BCUT2D eigenvalue weighted by Crippen LogP contribution is -2.48. The molecule has 28 heavy (non-hydrogen) atoms. The summed E-state index contributed by atoms with van der Waals surface area (Å²) in [5.74, 6) is 0.474. The summed E-state index contributed by atoms with van der Waals surface area (Å²) >= 11 is 0. The van der Waals surface area contributed by atoms with Crippen molar-refractivity contribution in [2.24, 2.45) is 0 Å². The van der Waals surface area contributed by atoms with Crippen LogP contribution in [0, 0.1) is 0 Å². The molecule has 3 heteroatoms. The van der Waals surface area contributed by atoms with Gasteiger partial charge in [0, 0.05) is 37.5 Å². The Hall–Kier alpha value is -2.13. The van der Waals surface area contributed by atoms with Gasteiger partial charge in [0.05, 0.1) is 0 Å². The Balaban J connectivity index is 1.53. The molecule has 0 N–H and O–H groups in total. The molecule has 2 aromatic rings. The first-order valence-electron chi connectivity index (χ1n) is 10.9. The second-order valence-electron chi connectivity index (χ2n) is 8.28. The first-order valence-corrected chi connectivity index (χ1v) is 10.9. The first-order chi connectivity index (χ1) is 13.8. The van der Waals surface area contributed by atoms with Crippen molar-refractivity contribution in [1.29, 1.82) is 0 Å². The molecule has 2 fully saturated rings. The number of carbonyl (C=O) groups excluding carboxylic acids is 1. The Morgan fingerprint density at radius 3 is 1.86 bits per heavy atom. The Labute approximate surface area is 169 Å². The number of amides is 1. The summed E-state index contributed by atoms with van der Waals surface area (Å²) in [6.07, 6.45) is 5.18. The van der Waals surface area contributed by atoms with Gasteiger partial charge in [0.25, 0.3) is 0 Å². The van der Waals surface area contributed by atoms with Crippen molar-refractivity contribution in [3.05, 3.63) is 71.8 Å². The van der Waals surface area contributed by atoms with Crippen molar-refractivity contribution in [2.45, 2.75) is 57.0 Å². The number of hydrogen-bond acceptors (Lipinski definition) is 2. The number of benzene rings is 2. The molecule has 0 radical (unpaired) electrons. The fourth-order valence-electron chi connectivity index (χ4n) is 4.65. The molecule has 1 aliphatic heterocycles. The van der Waals surface area contributed by atoms with Gasteiger partial charge in [-0.2, -0.15) is 0 Å². The van der Waals surface area contributed by atoms with E-state index in [0.29, 0.717) is 24.4 Å². The molecule has 2 aliphatic rings. The molecule has 4 rings (SSSR count). The molecule has 1 amide bonds. The van der Waals surface area contributed by atoms with E-state index in [1.54, 1.807) is 0 Å². The Kier molecular flexibility index (Phi) is 6.11. The van der Waals surface area contributed by atoms with E-state index in [4.69, 9.17) is 0 Å². The molecule has 3 nitrogen and oxygen atoms in total. The van der Waals surface area contributed by atoms with Gasteiger partial charge in [-0.25, -0.2) is 0 Å². The molecule has 2 aromatic carbocycles. The third-order valence-electron chi connectivity index (χ3n) is 6.41. The molecular weight excluding hydrogens is 344 g/mol. The van der Waals surface area contributed by atoms with Crippen LogP contribution in [-0.2, 0) is 4.79 Å². The Morgan fingerprint density at radius 2 is 1.39 bits per heavy atom. The van der Waals surface area contributed by atoms with E-state index in [2.05, 4.69) is 65.3 Å². The topological polar surface area (TPSA) is 23.6 Å². The first kappa shape index (κ1) is 19.2. The van der Waals surface area contributed by atoms with Crippen LogP contribution in [0.5, 0.6) is 0 Å². The van der Waals surface area contributed by atoms with E-state index in [1.165, 1.54) is 24.0 Å². The van der Waals surface area contributed by atoms with Crippen LogP contribution in [-0.4, -0.2) is 47.4 Å². The number of nitrogens with zero attached hydrogens (tertiary/aromatic N) is 2. The third-order valence-corrected chi connectivity index (χ3v) is 6.41. The zero-order valence-electron chi connectivity index (χ0n) is 17.0. The van der Waals surface area contributed by atoms with E-state index < -0.39 is 0 Å². The Bertz CT molecular complexity index is 709. The van der Waals surface area contributed by atoms with Crippen LogP contribution >= 0.6 is 0 Å². The van der Waals surface area contributed by atoms with Crippen molar-refractivity contribution in [3.63, 3.8) is 0 Å². The fourth-order valence-corrected chi connectivity index (χ4v) is 4.65. The Morgan fingerprint density at radius 1 is 0.893 bits per heavy atom. The van der Waals surface area contributed by atoms with Gasteiger partial charge in [0.15, 0.2) is 0 Å². The largest absolute Gasteiger partial charge is 0.337 e. The van der Waals surface area contributed by atoms with Crippen molar-refractivity contribution in [3.8, 4) is 0 Å². The van der Waals surface area contributed by atoms with Crippen molar-refractivity contribution in [1.82, 2.24) is 9.80 Å². The highest BCUT2D eigenvalue weighted by Crippen LogP contribution is 2.35. The summed E-state index contributed by atoms with van der Waals surface area (Å²) in [7, 11) is 0. The molecule has 1 saturated heterocycles. The summed E-state index contributed by atoms with van der Waals surface area (Å²) in [5.41, 5.74) is 2.47. The average molecular weight is 377 g/mol. The summed E-state index contributed by atoms with van der Waals surface area (Å²) < 4.78 is 0. The van der Waals surface area contributed by atoms with E-state index >= 15 is 0 Å². The maximum absolute atomic E-state index is 13.5. The molecule has 1 aliphatic carbocycles. The van der Waals surface area contributed by atoms with Crippen LogP contribution < -0.4 is 0 Å². The van der Waals surface area contributed by atoms with Crippen molar-refractivity contribution >= 4 is 5.91 Å². The summed E-state index contributed by atoms with van der Waals surface area (Å²) in [6.45, 7) is 5.60. The highest BCUT2D eigenvalue weighted by Gasteiger charge is 2.39. The second kappa shape index (κ2) is 8.91. The molecular formula is C25H32N2O. The van der Waals surface area contributed by atoms with Crippen molar-refractivity contribution < 1.29 is 4.79 Å². The summed E-state index contributed by atoms with van der Waals surface area (Å²) in [5, 5.41) is 0. The number of piperidine rings is 1. The predicted octanol–water partition coefficient (Wildman–Crippen LogP) is 4.68. The maximum Gasteiger partial charge on any atom is 0.224 e. The lowest BCUT2D eigenvalue weighted by molar-refractivity contribution is -0.135.